The zero-order valence-corrected chi connectivity index (χ0v) is 13.4. The third-order valence-electron chi connectivity index (χ3n) is 2.16. The van der Waals surface area contributed by atoms with E-state index in [9.17, 15) is 4.21 Å². The van der Waals surface area contributed by atoms with Crippen molar-refractivity contribution in [1.82, 2.24) is 0 Å². The highest BCUT2D eigenvalue weighted by Crippen LogP contribution is 2.26. The van der Waals surface area contributed by atoms with E-state index >= 15 is 0 Å². The first kappa shape index (κ1) is 14.9. The summed E-state index contributed by atoms with van der Waals surface area (Å²) in [7, 11) is -1.26. The Labute approximate surface area is 118 Å². The van der Waals surface area contributed by atoms with E-state index in [0.29, 0.717) is 5.02 Å². The molecule has 0 radical (unpaired) electrons. The van der Waals surface area contributed by atoms with E-state index in [1.54, 1.807) is 6.21 Å². The van der Waals surface area contributed by atoms with Gasteiger partial charge in [-0.2, -0.15) is 4.40 Å². The van der Waals surface area contributed by atoms with Gasteiger partial charge >= 0.3 is 0 Å². The quantitative estimate of drug-likeness (QED) is 0.741. The second kappa shape index (κ2) is 5.63. The molecule has 0 aliphatic heterocycles. The molecule has 0 saturated carbocycles. The molecule has 0 N–H and O–H groups in total. The molecule has 1 aromatic carbocycles. The lowest BCUT2D eigenvalue weighted by molar-refractivity contribution is 0.651. The third-order valence-corrected chi connectivity index (χ3v) is 4.87. The van der Waals surface area contributed by atoms with Crippen LogP contribution in [0.5, 0.6) is 0 Å². The van der Waals surface area contributed by atoms with Gasteiger partial charge in [0.05, 0.1) is 9.77 Å². The lowest BCUT2D eigenvalue weighted by Crippen LogP contribution is -2.19. The van der Waals surface area contributed by atoms with Gasteiger partial charge < -0.3 is 0 Å². The zero-order valence-electron chi connectivity index (χ0n) is 10.3. The highest BCUT2D eigenvalue weighted by molar-refractivity contribution is 9.10. The fourth-order valence-corrected chi connectivity index (χ4v) is 2.23. The molecular weight excluding hydrogens is 322 g/mol. The lowest BCUT2D eigenvalue weighted by Gasteiger charge is -2.13. The average molecular weight is 337 g/mol. The SMILES string of the molecule is Cc1c(Br)ccc(/C=N/[S@@](=O)C(C)(C)C)c1Cl. The van der Waals surface area contributed by atoms with Gasteiger partial charge in [0.25, 0.3) is 0 Å². The van der Waals surface area contributed by atoms with Gasteiger partial charge in [0.2, 0.25) is 0 Å². The van der Waals surface area contributed by atoms with E-state index in [1.165, 1.54) is 0 Å². The Bertz CT molecular complexity index is 480. The summed E-state index contributed by atoms with van der Waals surface area (Å²) in [5.41, 5.74) is 1.74. The minimum atomic E-state index is -1.26. The summed E-state index contributed by atoms with van der Waals surface area (Å²) in [5.74, 6) is 0. The van der Waals surface area contributed by atoms with Gasteiger partial charge in [0.15, 0.2) is 0 Å². The number of hydrogen-bond acceptors (Lipinski definition) is 1. The monoisotopic (exact) mass is 335 g/mol. The van der Waals surface area contributed by atoms with Crippen molar-refractivity contribution in [2.45, 2.75) is 32.4 Å². The predicted molar refractivity (Wildman–Crippen MR) is 79.4 cm³/mol. The van der Waals surface area contributed by atoms with Crippen LogP contribution in [0.2, 0.25) is 5.02 Å². The molecule has 5 heteroatoms. The summed E-state index contributed by atoms with van der Waals surface area (Å²) in [6, 6.07) is 3.76. The van der Waals surface area contributed by atoms with Gasteiger partial charge in [-0.3, -0.25) is 0 Å². The Hall–Kier alpha value is -0.190. The number of rotatable bonds is 2. The molecular formula is C12H15BrClNOS. The molecule has 1 rings (SSSR count). The number of nitrogens with zero attached hydrogens (tertiary/aromatic N) is 1. The molecule has 0 unspecified atom stereocenters. The van der Waals surface area contributed by atoms with Crippen molar-refractivity contribution in [2.75, 3.05) is 0 Å². The first-order valence-corrected chi connectivity index (χ1v) is 7.42. The van der Waals surface area contributed by atoms with Gasteiger partial charge in [-0.05, 0) is 39.3 Å². The van der Waals surface area contributed by atoms with Crippen molar-refractivity contribution in [3.63, 3.8) is 0 Å². The second-order valence-corrected chi connectivity index (χ2v) is 7.84. The van der Waals surface area contributed by atoms with Crippen molar-refractivity contribution in [3.05, 3.63) is 32.8 Å². The molecule has 0 heterocycles. The highest BCUT2D eigenvalue weighted by Gasteiger charge is 2.18. The minimum absolute atomic E-state index is 0.354. The topological polar surface area (TPSA) is 29.4 Å². The minimum Gasteiger partial charge on any atom is -0.234 e. The van der Waals surface area contributed by atoms with Gasteiger partial charge in [-0.15, -0.1) is 0 Å². The Morgan fingerprint density at radius 2 is 2.00 bits per heavy atom. The first-order chi connectivity index (χ1) is 7.73. The van der Waals surface area contributed by atoms with Crippen molar-refractivity contribution < 1.29 is 4.21 Å². The molecule has 2 nitrogen and oxygen atoms in total. The van der Waals surface area contributed by atoms with E-state index < -0.39 is 11.0 Å². The van der Waals surface area contributed by atoms with Crippen LogP contribution in [-0.2, 0) is 11.0 Å². The van der Waals surface area contributed by atoms with Crippen LogP contribution in [0.4, 0.5) is 0 Å². The third kappa shape index (κ3) is 3.90. The Morgan fingerprint density at radius 1 is 1.41 bits per heavy atom. The highest BCUT2D eigenvalue weighted by atomic mass is 79.9. The van der Waals surface area contributed by atoms with Crippen LogP contribution < -0.4 is 0 Å². The summed E-state index contributed by atoms with van der Waals surface area (Å²) in [4.78, 5) is 0. The summed E-state index contributed by atoms with van der Waals surface area (Å²) in [6.07, 6.45) is 1.57. The fraction of sp³-hybridized carbons (Fsp3) is 0.417. The van der Waals surface area contributed by atoms with Crippen molar-refractivity contribution in [2.24, 2.45) is 4.40 Å². The van der Waals surface area contributed by atoms with Gasteiger partial charge in [0, 0.05) is 16.3 Å². The molecule has 0 aliphatic rings. The smallest absolute Gasteiger partial charge is 0.144 e. The van der Waals surface area contributed by atoms with Crippen molar-refractivity contribution in [1.29, 1.82) is 0 Å². The molecule has 94 valence electrons. The molecule has 0 fully saturated rings. The summed E-state index contributed by atoms with van der Waals surface area (Å²) in [6.45, 7) is 7.57. The molecule has 1 atom stereocenters. The van der Waals surface area contributed by atoms with E-state index in [1.807, 2.05) is 39.8 Å². The lowest BCUT2D eigenvalue weighted by atomic mass is 10.1. The molecule has 0 bridgehead atoms. The molecule has 0 spiro atoms. The maximum absolute atomic E-state index is 11.8. The largest absolute Gasteiger partial charge is 0.234 e. The molecule has 0 aliphatic carbocycles. The first-order valence-electron chi connectivity index (χ1n) is 5.14. The zero-order chi connectivity index (χ0) is 13.2. The molecule has 17 heavy (non-hydrogen) atoms. The van der Waals surface area contributed by atoms with Gasteiger partial charge in [0.1, 0.15) is 11.0 Å². The van der Waals surface area contributed by atoms with Crippen molar-refractivity contribution >= 4 is 44.7 Å². The summed E-state index contributed by atoms with van der Waals surface area (Å²) >= 11 is 9.58. The van der Waals surface area contributed by atoms with Crippen molar-refractivity contribution in [3.8, 4) is 0 Å². The molecule has 1 aromatic rings. The van der Waals surface area contributed by atoms with E-state index in [-0.39, 0.29) is 4.75 Å². The summed E-state index contributed by atoms with van der Waals surface area (Å²) < 4.78 is 16.4. The molecule has 0 saturated heterocycles. The van der Waals surface area contributed by atoms with E-state index in [2.05, 4.69) is 20.3 Å². The van der Waals surface area contributed by atoms with Crippen LogP contribution >= 0.6 is 27.5 Å². The summed E-state index contributed by atoms with van der Waals surface area (Å²) in [5, 5.41) is 0.633. The number of benzene rings is 1. The Kier molecular flexibility index (Phi) is 4.93. The van der Waals surface area contributed by atoms with Gasteiger partial charge in [-0.1, -0.05) is 33.6 Å². The van der Waals surface area contributed by atoms with E-state index in [0.717, 1.165) is 15.6 Å². The number of halogens is 2. The van der Waals surface area contributed by atoms with Crippen LogP contribution in [0.25, 0.3) is 0 Å². The second-order valence-electron chi connectivity index (χ2n) is 4.67. The van der Waals surface area contributed by atoms with Crippen LogP contribution in [0.3, 0.4) is 0 Å². The Balaban J connectivity index is 3.02. The normalized spacial score (nSPS) is 14.2. The predicted octanol–water partition coefficient (Wildman–Crippen LogP) is 4.29. The van der Waals surface area contributed by atoms with Gasteiger partial charge in [-0.25, -0.2) is 4.21 Å². The van der Waals surface area contributed by atoms with E-state index in [4.69, 9.17) is 11.6 Å². The van der Waals surface area contributed by atoms with Crippen LogP contribution in [0.15, 0.2) is 21.0 Å². The standard InChI is InChI=1S/C12H15BrClNOS/c1-8-10(13)6-5-9(11(8)14)7-15-17(16)12(2,3)4/h5-7H,1-4H3/b15-7+/t17-/m0/s1. The Morgan fingerprint density at radius 3 is 2.53 bits per heavy atom. The fourth-order valence-electron chi connectivity index (χ4n) is 1.04. The maximum atomic E-state index is 11.8. The van der Waals surface area contributed by atoms with Crippen LogP contribution in [0, 0.1) is 6.92 Å². The average Bonchev–Trinajstić information content (AvgIpc) is 2.23. The number of hydrogen-bond donors (Lipinski definition) is 0. The van der Waals surface area contributed by atoms with Crippen LogP contribution in [0.1, 0.15) is 31.9 Å². The maximum Gasteiger partial charge on any atom is 0.144 e. The van der Waals surface area contributed by atoms with Crippen LogP contribution in [-0.4, -0.2) is 15.2 Å². The molecule has 0 aromatic heterocycles. The molecule has 0 amide bonds.